The van der Waals surface area contributed by atoms with Crippen molar-refractivity contribution in [2.75, 3.05) is 4.90 Å². The number of aromatic nitrogens is 2. The Balaban J connectivity index is 1.35. The van der Waals surface area contributed by atoms with Gasteiger partial charge in [0.2, 0.25) is 0 Å². The molecule has 4 heterocycles. The highest BCUT2D eigenvalue weighted by Crippen LogP contribution is 2.51. The van der Waals surface area contributed by atoms with E-state index < -0.39 is 0 Å². The van der Waals surface area contributed by atoms with E-state index in [-0.39, 0.29) is 0 Å². The largest absolute Gasteiger partial charge is 0.307 e. The maximum absolute atomic E-state index is 2.54. The maximum Gasteiger partial charge on any atom is 0.0784 e. The van der Waals surface area contributed by atoms with Crippen molar-refractivity contribution in [3.63, 3.8) is 0 Å². The third-order valence-electron chi connectivity index (χ3n) is 9.81. The van der Waals surface area contributed by atoms with Crippen LogP contribution in [-0.4, -0.2) is 9.13 Å². The van der Waals surface area contributed by atoms with Gasteiger partial charge in [-0.15, -0.1) is 11.3 Å². The van der Waals surface area contributed by atoms with Gasteiger partial charge in [-0.1, -0.05) is 97.1 Å². The molecule has 0 saturated heterocycles. The van der Waals surface area contributed by atoms with E-state index in [9.17, 15) is 0 Å². The third-order valence-corrected chi connectivity index (χ3v) is 11.0. The number of para-hydroxylation sites is 5. The summed E-state index contributed by atoms with van der Waals surface area (Å²) in [6.07, 6.45) is 0. The summed E-state index contributed by atoms with van der Waals surface area (Å²) in [5.41, 5.74) is 10.9. The van der Waals surface area contributed by atoms with Gasteiger partial charge in [-0.25, -0.2) is 0 Å². The maximum atomic E-state index is 2.54. The van der Waals surface area contributed by atoms with Crippen LogP contribution in [0.4, 0.5) is 17.1 Å². The van der Waals surface area contributed by atoms with E-state index in [2.05, 4.69) is 166 Å². The van der Waals surface area contributed by atoms with Crippen LogP contribution in [0.3, 0.4) is 0 Å². The first-order valence-corrected chi connectivity index (χ1v) is 16.5. The first-order chi connectivity index (χ1) is 22.9. The quantitative estimate of drug-likeness (QED) is 0.192. The van der Waals surface area contributed by atoms with Crippen LogP contribution in [0.5, 0.6) is 0 Å². The number of hydrogen-bond acceptors (Lipinski definition) is 2. The minimum Gasteiger partial charge on any atom is -0.307 e. The van der Waals surface area contributed by atoms with Gasteiger partial charge >= 0.3 is 0 Å². The van der Waals surface area contributed by atoms with Crippen molar-refractivity contribution in [1.29, 1.82) is 0 Å². The third kappa shape index (κ3) is 3.02. The number of rotatable bonds is 2. The molecule has 0 aliphatic carbocycles. The van der Waals surface area contributed by atoms with Gasteiger partial charge in [0.1, 0.15) is 0 Å². The lowest BCUT2D eigenvalue weighted by molar-refractivity contribution is 1.11. The standard InChI is InChI=1S/C42H25N3S/c1-2-12-26(13-3-1)43-33-19-7-8-20-34(33)45-35-25-24-29-27-14-4-6-18-32(27)44(41(29)39(35)31-17-11-21-36(43)40(31)45)37-22-10-16-30-28-15-5-9-23-38(28)46-42(30)37/h1-25H. The molecule has 0 amide bonds. The number of anilines is 3. The van der Waals surface area contributed by atoms with Crippen LogP contribution >= 0.6 is 11.3 Å². The van der Waals surface area contributed by atoms with Gasteiger partial charge in [0, 0.05) is 42.7 Å². The van der Waals surface area contributed by atoms with Crippen molar-refractivity contribution in [2.45, 2.75) is 0 Å². The highest BCUT2D eigenvalue weighted by molar-refractivity contribution is 7.26. The fraction of sp³-hybridized carbons (Fsp3) is 0. The Labute approximate surface area is 268 Å². The summed E-state index contributed by atoms with van der Waals surface area (Å²) in [5, 5.41) is 7.73. The van der Waals surface area contributed by atoms with Gasteiger partial charge < -0.3 is 14.0 Å². The first-order valence-electron chi connectivity index (χ1n) is 15.7. The minimum absolute atomic E-state index is 1.16. The number of benzene rings is 7. The highest BCUT2D eigenvalue weighted by Gasteiger charge is 2.30. The molecule has 11 rings (SSSR count). The molecule has 0 unspecified atom stereocenters. The first kappa shape index (κ1) is 24.5. The Hall–Kier alpha value is -5.84. The fourth-order valence-electron chi connectivity index (χ4n) is 8.00. The number of hydrogen-bond donors (Lipinski definition) is 0. The molecule has 214 valence electrons. The second kappa shape index (κ2) is 8.87. The summed E-state index contributed by atoms with van der Waals surface area (Å²) in [5.74, 6) is 0. The summed E-state index contributed by atoms with van der Waals surface area (Å²) in [7, 11) is 0. The van der Waals surface area contributed by atoms with Gasteiger partial charge in [0.25, 0.3) is 0 Å². The fourth-order valence-corrected chi connectivity index (χ4v) is 9.21. The highest BCUT2D eigenvalue weighted by atomic mass is 32.1. The molecule has 0 N–H and O–H groups in total. The zero-order valence-corrected chi connectivity index (χ0v) is 25.5. The summed E-state index contributed by atoms with van der Waals surface area (Å²) in [4.78, 5) is 2.42. The summed E-state index contributed by atoms with van der Waals surface area (Å²) >= 11 is 1.89. The molecule has 46 heavy (non-hydrogen) atoms. The minimum atomic E-state index is 1.16. The van der Waals surface area contributed by atoms with E-state index in [1.807, 2.05) is 11.3 Å². The molecule has 1 aliphatic rings. The molecule has 3 aromatic heterocycles. The second-order valence-corrected chi connectivity index (χ2v) is 13.2. The van der Waals surface area contributed by atoms with E-state index in [1.54, 1.807) is 0 Å². The number of nitrogens with zero attached hydrogens (tertiary/aromatic N) is 3. The van der Waals surface area contributed by atoms with E-state index in [4.69, 9.17) is 0 Å². The van der Waals surface area contributed by atoms with Crippen LogP contribution in [0.15, 0.2) is 152 Å². The molecule has 0 atom stereocenters. The van der Waals surface area contributed by atoms with Crippen LogP contribution in [-0.2, 0) is 0 Å². The average molecular weight is 604 g/mol. The van der Waals surface area contributed by atoms with Crippen LogP contribution in [0.25, 0.3) is 75.2 Å². The molecule has 7 aromatic carbocycles. The van der Waals surface area contributed by atoms with Gasteiger partial charge in [0.05, 0.1) is 49.5 Å². The predicted molar refractivity (Wildman–Crippen MR) is 196 cm³/mol. The van der Waals surface area contributed by atoms with Gasteiger partial charge in [-0.2, -0.15) is 0 Å². The Morgan fingerprint density at radius 1 is 0.370 bits per heavy atom. The monoisotopic (exact) mass is 603 g/mol. The van der Waals surface area contributed by atoms with Gasteiger partial charge in [0.15, 0.2) is 0 Å². The lowest BCUT2D eigenvalue weighted by Gasteiger charge is -2.33. The van der Waals surface area contributed by atoms with Crippen molar-refractivity contribution >= 4 is 92.2 Å². The van der Waals surface area contributed by atoms with Crippen molar-refractivity contribution in [1.82, 2.24) is 9.13 Å². The molecule has 0 spiro atoms. The summed E-state index contributed by atoms with van der Waals surface area (Å²) in [6, 6.07) is 55.5. The topological polar surface area (TPSA) is 13.1 Å². The Morgan fingerprint density at radius 2 is 1.02 bits per heavy atom. The Bertz CT molecular complexity index is 2870. The zero-order chi connectivity index (χ0) is 29.9. The normalized spacial score (nSPS) is 12.7. The van der Waals surface area contributed by atoms with Crippen LogP contribution < -0.4 is 4.90 Å². The zero-order valence-electron chi connectivity index (χ0n) is 24.7. The molecule has 0 bridgehead atoms. The van der Waals surface area contributed by atoms with Crippen molar-refractivity contribution < 1.29 is 0 Å². The Morgan fingerprint density at radius 3 is 1.91 bits per heavy atom. The molecular formula is C42H25N3S. The molecule has 3 nitrogen and oxygen atoms in total. The van der Waals surface area contributed by atoms with Gasteiger partial charge in [-0.05, 0) is 54.6 Å². The van der Waals surface area contributed by atoms with Gasteiger partial charge in [-0.3, -0.25) is 0 Å². The van der Waals surface area contributed by atoms with Crippen molar-refractivity contribution in [3.05, 3.63) is 152 Å². The molecular weight excluding hydrogens is 579 g/mol. The second-order valence-electron chi connectivity index (χ2n) is 12.1. The van der Waals surface area contributed by atoms with E-state index in [0.29, 0.717) is 0 Å². The predicted octanol–water partition coefficient (Wildman–Crippen LogP) is 12.0. The number of fused-ring (bicyclic) bond motifs is 12. The summed E-state index contributed by atoms with van der Waals surface area (Å²) < 4.78 is 7.68. The Kier molecular flexibility index (Phi) is 4.72. The van der Waals surface area contributed by atoms with Crippen LogP contribution in [0.1, 0.15) is 0 Å². The van der Waals surface area contributed by atoms with Crippen LogP contribution in [0.2, 0.25) is 0 Å². The number of thiophene rings is 1. The molecule has 0 radical (unpaired) electrons. The summed E-state index contributed by atoms with van der Waals surface area (Å²) in [6.45, 7) is 0. The SMILES string of the molecule is c1ccc(N2c3ccccc3-n3c4ccc5c6ccccc6n(-c6cccc7c6sc6ccccc67)c5c4c4cccc2c43)cc1. The van der Waals surface area contributed by atoms with Crippen LogP contribution in [0, 0.1) is 0 Å². The molecule has 0 fully saturated rings. The smallest absolute Gasteiger partial charge is 0.0784 e. The molecule has 10 aromatic rings. The lowest BCUT2D eigenvalue weighted by atomic mass is 10.1. The van der Waals surface area contributed by atoms with Crippen molar-refractivity contribution in [3.8, 4) is 11.4 Å². The lowest BCUT2D eigenvalue weighted by Crippen LogP contribution is -2.17. The van der Waals surface area contributed by atoms with E-state index >= 15 is 0 Å². The average Bonchev–Trinajstić information content (AvgIpc) is 3.78. The van der Waals surface area contributed by atoms with E-state index in [1.165, 1.54) is 86.5 Å². The molecule has 1 aliphatic heterocycles. The van der Waals surface area contributed by atoms with E-state index in [0.717, 1.165) is 5.69 Å². The molecule has 4 heteroatoms. The van der Waals surface area contributed by atoms with Crippen molar-refractivity contribution in [2.24, 2.45) is 0 Å². The molecule has 0 saturated carbocycles.